The Balaban J connectivity index is 2.00. The molecule has 1 heterocycles. The lowest BCUT2D eigenvalue weighted by Gasteiger charge is -2.31. The van der Waals surface area contributed by atoms with Crippen molar-refractivity contribution < 1.29 is 0 Å². The highest BCUT2D eigenvalue weighted by Gasteiger charge is 2.23. The standard InChI is InChI=1S/C15H25N3/c1-2-17-14(13-6-4-3-5-7-13)10-12-8-9-18-15(16)11-12/h8-9,11,13-14,17H,2-7,10H2,1H3,(H2,16,18). The molecule has 1 saturated carbocycles. The summed E-state index contributed by atoms with van der Waals surface area (Å²) in [6.45, 7) is 3.23. The van der Waals surface area contributed by atoms with Gasteiger partial charge in [0.25, 0.3) is 0 Å². The Bertz CT molecular complexity index is 359. The molecular formula is C15H25N3. The lowest BCUT2D eigenvalue weighted by molar-refractivity contribution is 0.269. The van der Waals surface area contributed by atoms with E-state index in [0.717, 1.165) is 18.9 Å². The van der Waals surface area contributed by atoms with Gasteiger partial charge in [-0.3, -0.25) is 0 Å². The molecule has 3 N–H and O–H groups in total. The summed E-state index contributed by atoms with van der Waals surface area (Å²) in [6, 6.07) is 4.69. The van der Waals surface area contributed by atoms with Crippen LogP contribution < -0.4 is 11.1 Å². The van der Waals surface area contributed by atoms with Gasteiger partial charge >= 0.3 is 0 Å². The van der Waals surface area contributed by atoms with Crippen molar-refractivity contribution in [2.24, 2.45) is 5.92 Å². The minimum Gasteiger partial charge on any atom is -0.384 e. The van der Waals surface area contributed by atoms with Gasteiger partial charge in [0.15, 0.2) is 0 Å². The van der Waals surface area contributed by atoms with E-state index in [4.69, 9.17) is 5.73 Å². The van der Waals surface area contributed by atoms with Gasteiger partial charge in [-0.25, -0.2) is 4.98 Å². The highest BCUT2D eigenvalue weighted by Crippen LogP contribution is 2.28. The fourth-order valence-electron chi connectivity index (χ4n) is 3.08. The Morgan fingerprint density at radius 1 is 1.39 bits per heavy atom. The predicted molar refractivity (Wildman–Crippen MR) is 76.4 cm³/mol. The summed E-state index contributed by atoms with van der Waals surface area (Å²) in [4.78, 5) is 4.06. The zero-order valence-corrected chi connectivity index (χ0v) is 11.4. The lowest BCUT2D eigenvalue weighted by Crippen LogP contribution is -2.39. The van der Waals surface area contributed by atoms with Gasteiger partial charge in [-0.1, -0.05) is 26.2 Å². The van der Waals surface area contributed by atoms with E-state index < -0.39 is 0 Å². The van der Waals surface area contributed by atoms with Crippen molar-refractivity contribution in [2.45, 2.75) is 51.5 Å². The first-order valence-corrected chi connectivity index (χ1v) is 7.23. The van der Waals surface area contributed by atoms with Crippen molar-refractivity contribution in [3.05, 3.63) is 23.9 Å². The van der Waals surface area contributed by atoms with Gasteiger partial charge in [0.05, 0.1) is 0 Å². The molecule has 0 bridgehead atoms. The fraction of sp³-hybridized carbons (Fsp3) is 0.667. The van der Waals surface area contributed by atoms with E-state index in [1.165, 1.54) is 37.7 Å². The summed E-state index contributed by atoms with van der Waals surface area (Å²) in [7, 11) is 0. The van der Waals surface area contributed by atoms with Crippen molar-refractivity contribution in [3.63, 3.8) is 0 Å². The average molecular weight is 247 g/mol. The van der Waals surface area contributed by atoms with Gasteiger partial charge < -0.3 is 11.1 Å². The Hall–Kier alpha value is -1.09. The number of nitrogens with zero attached hydrogens (tertiary/aromatic N) is 1. The summed E-state index contributed by atoms with van der Waals surface area (Å²) in [5, 5.41) is 3.66. The molecule has 1 aliphatic carbocycles. The van der Waals surface area contributed by atoms with Crippen molar-refractivity contribution in [1.82, 2.24) is 10.3 Å². The zero-order valence-electron chi connectivity index (χ0n) is 11.4. The number of nitrogens with two attached hydrogens (primary N) is 1. The SMILES string of the molecule is CCNC(Cc1ccnc(N)c1)C1CCCCC1. The molecule has 2 rings (SSSR count). The third kappa shape index (κ3) is 3.70. The Kier molecular flexibility index (Phi) is 5.00. The molecular weight excluding hydrogens is 222 g/mol. The Morgan fingerprint density at radius 2 is 2.17 bits per heavy atom. The van der Waals surface area contributed by atoms with E-state index in [1.807, 2.05) is 12.3 Å². The van der Waals surface area contributed by atoms with Crippen LogP contribution in [0.1, 0.15) is 44.6 Å². The quantitative estimate of drug-likeness (QED) is 0.841. The van der Waals surface area contributed by atoms with Gasteiger partial charge in [-0.15, -0.1) is 0 Å². The van der Waals surface area contributed by atoms with Crippen LogP contribution >= 0.6 is 0 Å². The zero-order chi connectivity index (χ0) is 12.8. The van der Waals surface area contributed by atoms with Gasteiger partial charge in [0.1, 0.15) is 5.82 Å². The van der Waals surface area contributed by atoms with Crippen molar-refractivity contribution >= 4 is 5.82 Å². The first-order valence-electron chi connectivity index (χ1n) is 7.23. The summed E-state index contributed by atoms with van der Waals surface area (Å²) < 4.78 is 0. The van der Waals surface area contributed by atoms with Gasteiger partial charge in [0.2, 0.25) is 0 Å². The molecule has 3 nitrogen and oxygen atoms in total. The molecule has 0 aliphatic heterocycles. The van der Waals surface area contributed by atoms with Crippen LogP contribution in [0.4, 0.5) is 5.82 Å². The maximum atomic E-state index is 5.76. The number of nitrogens with one attached hydrogen (secondary N) is 1. The van der Waals surface area contributed by atoms with E-state index in [1.54, 1.807) is 0 Å². The van der Waals surface area contributed by atoms with Crippen LogP contribution in [0.3, 0.4) is 0 Å². The summed E-state index contributed by atoms with van der Waals surface area (Å²) >= 11 is 0. The fourth-order valence-corrected chi connectivity index (χ4v) is 3.08. The predicted octanol–water partition coefficient (Wildman–Crippen LogP) is 2.76. The number of hydrogen-bond acceptors (Lipinski definition) is 3. The molecule has 0 saturated heterocycles. The first kappa shape index (κ1) is 13.3. The molecule has 0 spiro atoms. The number of hydrogen-bond donors (Lipinski definition) is 2. The number of nitrogen functional groups attached to an aromatic ring is 1. The first-order chi connectivity index (χ1) is 8.79. The van der Waals surface area contributed by atoms with Gasteiger partial charge in [-0.05, 0) is 49.4 Å². The smallest absolute Gasteiger partial charge is 0.123 e. The second-order valence-electron chi connectivity index (χ2n) is 5.36. The molecule has 3 heteroatoms. The van der Waals surface area contributed by atoms with Crippen LogP contribution in [0.5, 0.6) is 0 Å². The normalized spacial score (nSPS) is 18.7. The van der Waals surface area contributed by atoms with E-state index >= 15 is 0 Å². The summed E-state index contributed by atoms with van der Waals surface area (Å²) in [6.07, 6.45) is 9.84. The molecule has 0 radical (unpaired) electrons. The molecule has 1 aromatic heterocycles. The maximum absolute atomic E-state index is 5.76. The minimum absolute atomic E-state index is 0.595. The van der Waals surface area contributed by atoms with Crippen LogP contribution in [0.2, 0.25) is 0 Å². The molecule has 1 fully saturated rings. The number of rotatable bonds is 5. The molecule has 1 aliphatic rings. The molecule has 100 valence electrons. The van der Waals surface area contributed by atoms with Crippen LogP contribution in [0, 0.1) is 5.92 Å². The third-order valence-corrected chi connectivity index (χ3v) is 3.99. The highest BCUT2D eigenvalue weighted by atomic mass is 14.9. The Labute approximate surface area is 110 Å². The minimum atomic E-state index is 0.595. The van der Waals surface area contributed by atoms with Crippen LogP contribution in [-0.2, 0) is 6.42 Å². The van der Waals surface area contributed by atoms with E-state index in [9.17, 15) is 0 Å². The number of anilines is 1. The topological polar surface area (TPSA) is 50.9 Å². The second-order valence-corrected chi connectivity index (χ2v) is 5.36. The van der Waals surface area contributed by atoms with Crippen LogP contribution in [0.15, 0.2) is 18.3 Å². The van der Waals surface area contributed by atoms with Crippen molar-refractivity contribution in [1.29, 1.82) is 0 Å². The van der Waals surface area contributed by atoms with Gasteiger partial charge in [-0.2, -0.15) is 0 Å². The largest absolute Gasteiger partial charge is 0.384 e. The number of pyridine rings is 1. The lowest BCUT2D eigenvalue weighted by atomic mass is 9.81. The third-order valence-electron chi connectivity index (χ3n) is 3.99. The Morgan fingerprint density at radius 3 is 2.83 bits per heavy atom. The summed E-state index contributed by atoms with van der Waals surface area (Å²) in [5.41, 5.74) is 7.06. The maximum Gasteiger partial charge on any atom is 0.123 e. The molecule has 18 heavy (non-hydrogen) atoms. The monoisotopic (exact) mass is 247 g/mol. The molecule has 1 atom stereocenters. The van der Waals surface area contributed by atoms with Crippen molar-refractivity contribution in [2.75, 3.05) is 12.3 Å². The average Bonchev–Trinajstić information content (AvgIpc) is 2.39. The molecule has 1 unspecified atom stereocenters. The number of likely N-dealkylation sites (N-methyl/N-ethyl adjacent to an activating group) is 1. The highest BCUT2D eigenvalue weighted by molar-refractivity contribution is 5.32. The molecule has 0 amide bonds. The molecule has 1 aromatic rings. The summed E-state index contributed by atoms with van der Waals surface area (Å²) in [5.74, 6) is 1.46. The van der Waals surface area contributed by atoms with E-state index in [0.29, 0.717) is 11.9 Å². The van der Waals surface area contributed by atoms with Crippen LogP contribution in [-0.4, -0.2) is 17.6 Å². The van der Waals surface area contributed by atoms with Crippen molar-refractivity contribution in [3.8, 4) is 0 Å². The van der Waals surface area contributed by atoms with Crippen LogP contribution in [0.25, 0.3) is 0 Å². The van der Waals surface area contributed by atoms with E-state index in [-0.39, 0.29) is 0 Å². The van der Waals surface area contributed by atoms with Gasteiger partial charge in [0, 0.05) is 12.2 Å². The number of aromatic nitrogens is 1. The second kappa shape index (κ2) is 6.74. The molecule has 0 aromatic carbocycles. The van der Waals surface area contributed by atoms with E-state index in [2.05, 4.69) is 23.3 Å².